The highest BCUT2D eigenvalue weighted by atomic mass is 32.1. The van der Waals surface area contributed by atoms with Gasteiger partial charge in [0.2, 0.25) is 0 Å². The van der Waals surface area contributed by atoms with Crippen molar-refractivity contribution in [3.05, 3.63) is 52.5 Å². The van der Waals surface area contributed by atoms with Crippen molar-refractivity contribution in [1.29, 1.82) is 0 Å². The number of rotatable bonds is 5. The minimum Gasteiger partial charge on any atom is -0.492 e. The smallest absolute Gasteiger partial charge is 0.315 e. The molecule has 0 saturated heterocycles. The third kappa shape index (κ3) is 3.07. The van der Waals surface area contributed by atoms with E-state index in [2.05, 4.69) is 0 Å². The Morgan fingerprint density at radius 3 is 2.61 bits per heavy atom. The van der Waals surface area contributed by atoms with Crippen LogP contribution >= 0.6 is 11.3 Å². The lowest BCUT2D eigenvalue weighted by Crippen LogP contribution is -2.18. The number of benzene rings is 1. The third-order valence-electron chi connectivity index (χ3n) is 2.42. The predicted octanol–water partition coefficient (Wildman–Crippen LogP) is 3.13. The summed E-state index contributed by atoms with van der Waals surface area (Å²) in [7, 11) is 0. The molecule has 0 fully saturated rings. The molecule has 1 atom stereocenters. The summed E-state index contributed by atoms with van der Waals surface area (Å²) in [6.45, 7) is 0.0292. The highest BCUT2D eigenvalue weighted by Gasteiger charge is 2.21. The first-order valence-corrected chi connectivity index (χ1v) is 6.19. The molecular weight excluding hydrogens is 255 g/mol. The van der Waals surface area contributed by atoms with Crippen molar-refractivity contribution in [3.8, 4) is 5.75 Å². The number of carbonyl (C=O) groups is 1. The van der Waals surface area contributed by atoms with Crippen LogP contribution in [0.3, 0.4) is 0 Å². The average Bonchev–Trinajstić information content (AvgIpc) is 2.85. The van der Waals surface area contributed by atoms with Crippen LogP contribution in [0.2, 0.25) is 0 Å². The van der Waals surface area contributed by atoms with Gasteiger partial charge in [0.05, 0.1) is 0 Å². The van der Waals surface area contributed by atoms with Crippen molar-refractivity contribution in [2.45, 2.75) is 5.92 Å². The minimum absolute atomic E-state index is 0.0292. The summed E-state index contributed by atoms with van der Waals surface area (Å²) in [5.74, 6) is -1.52. The molecule has 1 aromatic heterocycles. The number of carboxylic acid groups (broad SMARTS) is 1. The van der Waals surface area contributed by atoms with Gasteiger partial charge in [-0.1, -0.05) is 6.07 Å². The van der Waals surface area contributed by atoms with Crippen molar-refractivity contribution in [1.82, 2.24) is 0 Å². The van der Waals surface area contributed by atoms with E-state index >= 15 is 0 Å². The zero-order valence-electron chi connectivity index (χ0n) is 9.38. The van der Waals surface area contributed by atoms with Crippen LogP contribution in [0.15, 0.2) is 41.8 Å². The zero-order valence-corrected chi connectivity index (χ0v) is 10.2. The molecule has 18 heavy (non-hydrogen) atoms. The Kier molecular flexibility index (Phi) is 3.94. The summed E-state index contributed by atoms with van der Waals surface area (Å²) in [4.78, 5) is 11.9. The predicted molar refractivity (Wildman–Crippen MR) is 66.6 cm³/mol. The number of hydrogen-bond donors (Lipinski definition) is 1. The molecule has 0 amide bonds. The summed E-state index contributed by atoms with van der Waals surface area (Å²) < 4.78 is 18.1. The molecule has 2 rings (SSSR count). The van der Waals surface area contributed by atoms with Gasteiger partial charge in [0.25, 0.3) is 0 Å². The molecule has 1 unspecified atom stereocenters. The van der Waals surface area contributed by atoms with Crippen molar-refractivity contribution < 1.29 is 19.0 Å². The van der Waals surface area contributed by atoms with Gasteiger partial charge in [-0.3, -0.25) is 4.79 Å². The average molecular weight is 266 g/mol. The van der Waals surface area contributed by atoms with E-state index in [-0.39, 0.29) is 12.4 Å². The maximum absolute atomic E-state index is 12.7. The first kappa shape index (κ1) is 12.6. The van der Waals surface area contributed by atoms with Gasteiger partial charge in [0.15, 0.2) is 0 Å². The summed E-state index contributed by atoms with van der Waals surface area (Å²) in [6, 6.07) is 9.06. The molecule has 0 aliphatic rings. The van der Waals surface area contributed by atoms with E-state index in [0.717, 1.165) is 4.88 Å². The van der Waals surface area contributed by atoms with E-state index in [4.69, 9.17) is 9.84 Å². The number of halogens is 1. The Hall–Kier alpha value is -1.88. The minimum atomic E-state index is -0.931. The standard InChI is InChI=1S/C13H11FO3S/c14-9-3-5-10(6-4-9)17-8-11(13(15)16)12-2-1-7-18-12/h1-7,11H,8H2,(H,15,16). The topological polar surface area (TPSA) is 46.5 Å². The van der Waals surface area contributed by atoms with Crippen LogP contribution < -0.4 is 4.74 Å². The molecule has 0 saturated carbocycles. The van der Waals surface area contributed by atoms with Crippen LogP contribution in [0.5, 0.6) is 5.75 Å². The summed E-state index contributed by atoms with van der Waals surface area (Å²) in [6.07, 6.45) is 0. The Balaban J connectivity index is 2.02. The number of thiophene rings is 1. The molecule has 1 N–H and O–H groups in total. The fourth-order valence-corrected chi connectivity index (χ4v) is 2.28. The van der Waals surface area contributed by atoms with Gasteiger partial charge in [0, 0.05) is 4.88 Å². The van der Waals surface area contributed by atoms with Gasteiger partial charge in [0.1, 0.15) is 24.1 Å². The van der Waals surface area contributed by atoms with Crippen molar-refractivity contribution >= 4 is 17.3 Å². The number of aliphatic carboxylic acids is 1. The number of hydrogen-bond acceptors (Lipinski definition) is 3. The second kappa shape index (κ2) is 5.64. The Bertz CT molecular complexity index is 508. The second-order valence-electron chi connectivity index (χ2n) is 3.67. The lowest BCUT2D eigenvalue weighted by atomic mass is 10.1. The fraction of sp³-hybridized carbons (Fsp3) is 0.154. The van der Waals surface area contributed by atoms with E-state index in [0.29, 0.717) is 5.75 Å². The lowest BCUT2D eigenvalue weighted by molar-refractivity contribution is -0.139. The van der Waals surface area contributed by atoms with Crippen LogP contribution in [0.4, 0.5) is 4.39 Å². The van der Waals surface area contributed by atoms with Crippen LogP contribution in [-0.4, -0.2) is 17.7 Å². The van der Waals surface area contributed by atoms with Crippen LogP contribution in [-0.2, 0) is 4.79 Å². The van der Waals surface area contributed by atoms with Gasteiger partial charge in [-0.2, -0.15) is 0 Å². The van der Waals surface area contributed by atoms with Crippen LogP contribution in [0.25, 0.3) is 0 Å². The van der Waals surface area contributed by atoms with Crippen LogP contribution in [0.1, 0.15) is 10.8 Å². The first-order chi connectivity index (χ1) is 8.66. The number of ether oxygens (including phenoxy) is 1. The Morgan fingerprint density at radius 1 is 1.33 bits per heavy atom. The maximum Gasteiger partial charge on any atom is 0.315 e. The fourth-order valence-electron chi connectivity index (χ4n) is 1.48. The zero-order chi connectivity index (χ0) is 13.0. The third-order valence-corrected chi connectivity index (χ3v) is 3.40. The first-order valence-electron chi connectivity index (χ1n) is 5.31. The second-order valence-corrected chi connectivity index (χ2v) is 4.65. The van der Waals surface area contributed by atoms with Crippen molar-refractivity contribution in [2.75, 3.05) is 6.61 Å². The van der Waals surface area contributed by atoms with Gasteiger partial charge in [-0.15, -0.1) is 11.3 Å². The Labute approximate surface area is 107 Å². The van der Waals surface area contributed by atoms with Gasteiger partial charge in [-0.05, 0) is 35.7 Å². The quantitative estimate of drug-likeness (QED) is 0.904. The van der Waals surface area contributed by atoms with Gasteiger partial charge < -0.3 is 9.84 Å². The normalized spacial score (nSPS) is 12.1. The molecule has 5 heteroatoms. The van der Waals surface area contributed by atoms with Crippen molar-refractivity contribution in [2.24, 2.45) is 0 Å². The molecular formula is C13H11FO3S. The SMILES string of the molecule is O=C(O)C(COc1ccc(F)cc1)c1cccs1. The molecule has 0 bridgehead atoms. The molecule has 0 radical (unpaired) electrons. The molecule has 1 aromatic carbocycles. The summed E-state index contributed by atoms with van der Waals surface area (Å²) in [5, 5.41) is 11.0. The van der Waals surface area contributed by atoms with E-state index in [1.165, 1.54) is 35.6 Å². The summed E-state index contributed by atoms with van der Waals surface area (Å²) >= 11 is 1.38. The monoisotopic (exact) mass is 266 g/mol. The number of carboxylic acids is 1. The van der Waals surface area contributed by atoms with Gasteiger partial charge in [-0.25, -0.2) is 4.39 Å². The van der Waals surface area contributed by atoms with E-state index in [1.807, 2.05) is 5.38 Å². The molecule has 94 valence electrons. The molecule has 2 aromatic rings. The largest absolute Gasteiger partial charge is 0.492 e. The van der Waals surface area contributed by atoms with Crippen LogP contribution in [0, 0.1) is 5.82 Å². The van der Waals surface area contributed by atoms with Crippen molar-refractivity contribution in [3.63, 3.8) is 0 Å². The molecule has 1 heterocycles. The Morgan fingerprint density at radius 2 is 2.06 bits per heavy atom. The van der Waals surface area contributed by atoms with E-state index < -0.39 is 11.9 Å². The molecule has 0 spiro atoms. The lowest BCUT2D eigenvalue weighted by Gasteiger charge is -2.12. The molecule has 3 nitrogen and oxygen atoms in total. The maximum atomic E-state index is 12.7. The highest BCUT2D eigenvalue weighted by Crippen LogP contribution is 2.23. The summed E-state index contributed by atoms with van der Waals surface area (Å²) in [5.41, 5.74) is 0. The molecule has 0 aliphatic heterocycles. The molecule has 0 aliphatic carbocycles. The highest BCUT2D eigenvalue weighted by molar-refractivity contribution is 7.10. The van der Waals surface area contributed by atoms with Gasteiger partial charge >= 0.3 is 5.97 Å². The van der Waals surface area contributed by atoms with E-state index in [9.17, 15) is 9.18 Å². The van der Waals surface area contributed by atoms with E-state index in [1.54, 1.807) is 12.1 Å².